The number of halogens is 2. The third-order valence-electron chi connectivity index (χ3n) is 2.59. The first kappa shape index (κ1) is 17.4. The Morgan fingerprint density at radius 3 is 2.68 bits per heavy atom. The van der Waals surface area contributed by atoms with Crippen molar-refractivity contribution in [2.45, 2.75) is 10.1 Å². The third kappa shape index (κ3) is 5.05. The van der Waals surface area contributed by atoms with Crippen molar-refractivity contribution in [3.63, 3.8) is 0 Å². The maximum absolute atomic E-state index is 12.1. The van der Waals surface area contributed by atoms with Crippen LogP contribution < -0.4 is 5.32 Å². The predicted octanol–water partition coefficient (Wildman–Crippen LogP) is 4.03. The van der Waals surface area contributed by atoms with Crippen LogP contribution in [0.5, 0.6) is 0 Å². The monoisotopic (exact) mass is 373 g/mol. The van der Waals surface area contributed by atoms with Gasteiger partial charge in [-0.15, -0.1) is 11.8 Å². The first-order valence-electron chi connectivity index (χ1n) is 6.33. The van der Waals surface area contributed by atoms with Crippen LogP contribution in [0.1, 0.15) is 10.5 Å². The predicted molar refractivity (Wildman–Crippen MR) is 93.3 cm³/mol. The molecule has 1 heterocycles. The van der Waals surface area contributed by atoms with E-state index in [0.29, 0.717) is 16.7 Å². The molecule has 1 aromatic heterocycles. The summed E-state index contributed by atoms with van der Waals surface area (Å²) < 4.78 is 0. The van der Waals surface area contributed by atoms with E-state index >= 15 is 0 Å². The van der Waals surface area contributed by atoms with Gasteiger partial charge in [-0.1, -0.05) is 35.0 Å². The molecule has 0 saturated carbocycles. The van der Waals surface area contributed by atoms with Crippen LogP contribution in [0.4, 0.5) is 0 Å². The Morgan fingerprint density at radius 1 is 1.27 bits per heavy atom. The molecule has 4 nitrogen and oxygen atoms in total. The molecule has 2 aromatic rings. The molecule has 0 aliphatic rings. The maximum atomic E-state index is 12.1. The van der Waals surface area contributed by atoms with Gasteiger partial charge in [-0.2, -0.15) is 0 Å². The van der Waals surface area contributed by atoms with Gasteiger partial charge in [0.25, 0.3) is 5.91 Å². The molecule has 1 aromatic carbocycles. The summed E-state index contributed by atoms with van der Waals surface area (Å²) in [6, 6.07) is 7.57. The fraction of sp³-hybridized carbons (Fsp3) is 0.214. The van der Waals surface area contributed by atoms with E-state index in [2.05, 4.69) is 15.3 Å². The molecule has 0 saturated heterocycles. The van der Waals surface area contributed by atoms with Crippen molar-refractivity contribution in [3.8, 4) is 0 Å². The second-order valence-electron chi connectivity index (χ2n) is 4.11. The van der Waals surface area contributed by atoms with Crippen LogP contribution in [0.25, 0.3) is 0 Å². The molecular formula is C14H13Cl2N3OS2. The first-order chi connectivity index (χ1) is 10.6. The smallest absolute Gasteiger partial charge is 0.271 e. The molecule has 8 heteroatoms. The Hall–Kier alpha value is -0.950. The van der Waals surface area contributed by atoms with E-state index in [-0.39, 0.29) is 16.6 Å². The second-order valence-corrected chi connectivity index (χ2v) is 6.90. The van der Waals surface area contributed by atoms with Crippen molar-refractivity contribution in [3.05, 3.63) is 46.2 Å². The van der Waals surface area contributed by atoms with Crippen LogP contribution in [0.2, 0.25) is 10.0 Å². The molecule has 0 aliphatic heterocycles. The van der Waals surface area contributed by atoms with Gasteiger partial charge in [-0.05, 0) is 30.5 Å². The molecule has 1 amide bonds. The van der Waals surface area contributed by atoms with Crippen LogP contribution in [0, 0.1) is 0 Å². The highest BCUT2D eigenvalue weighted by Crippen LogP contribution is 2.20. The summed E-state index contributed by atoms with van der Waals surface area (Å²) in [6.45, 7) is 0.515. The number of carbonyl (C=O) groups is 1. The van der Waals surface area contributed by atoms with Crippen molar-refractivity contribution in [1.82, 2.24) is 15.3 Å². The number of hydrogen-bond acceptors (Lipinski definition) is 5. The second kappa shape index (κ2) is 8.62. The molecule has 0 atom stereocenters. The Morgan fingerprint density at radius 2 is 2.00 bits per heavy atom. The fourth-order valence-electron chi connectivity index (χ4n) is 1.56. The molecule has 1 N–H and O–H groups in total. The molecule has 0 bridgehead atoms. The topological polar surface area (TPSA) is 54.9 Å². The SMILES string of the molecule is CSc1ncc(Cl)c(C(=O)NCCSc2ccc(Cl)cc2)n1. The van der Waals surface area contributed by atoms with Crippen molar-refractivity contribution in [1.29, 1.82) is 0 Å². The van der Waals surface area contributed by atoms with Gasteiger partial charge in [0.2, 0.25) is 0 Å². The van der Waals surface area contributed by atoms with Crippen molar-refractivity contribution in [2.24, 2.45) is 0 Å². The zero-order valence-corrected chi connectivity index (χ0v) is 14.8. The number of nitrogens with zero attached hydrogens (tertiary/aromatic N) is 2. The standard InChI is InChI=1S/C14H13Cl2N3OS2/c1-21-14-18-8-11(16)12(19-14)13(20)17-6-7-22-10-4-2-9(15)3-5-10/h2-5,8H,6-7H2,1H3,(H,17,20). The summed E-state index contributed by atoms with van der Waals surface area (Å²) in [5, 5.41) is 4.28. The van der Waals surface area contributed by atoms with E-state index in [0.717, 1.165) is 10.6 Å². The minimum Gasteiger partial charge on any atom is -0.350 e. The Balaban J connectivity index is 1.84. The number of thioether (sulfide) groups is 2. The zero-order valence-electron chi connectivity index (χ0n) is 11.7. The van der Waals surface area contributed by atoms with Crippen LogP contribution in [-0.4, -0.2) is 34.4 Å². The lowest BCUT2D eigenvalue weighted by atomic mass is 10.4. The van der Waals surface area contributed by atoms with Crippen molar-refractivity contribution >= 4 is 52.6 Å². The van der Waals surface area contributed by atoms with Gasteiger partial charge in [0.1, 0.15) is 0 Å². The number of rotatable bonds is 6. The molecule has 116 valence electrons. The van der Waals surface area contributed by atoms with Gasteiger partial charge in [0.05, 0.1) is 11.2 Å². The summed E-state index contributed by atoms with van der Waals surface area (Å²) in [5.41, 5.74) is 0.206. The average molecular weight is 374 g/mol. The van der Waals surface area contributed by atoms with E-state index in [1.165, 1.54) is 18.0 Å². The van der Waals surface area contributed by atoms with Gasteiger partial charge in [0, 0.05) is 22.2 Å². The van der Waals surface area contributed by atoms with E-state index in [1.54, 1.807) is 11.8 Å². The number of carbonyl (C=O) groups excluding carboxylic acids is 1. The maximum Gasteiger partial charge on any atom is 0.271 e. The summed E-state index contributed by atoms with van der Waals surface area (Å²) >= 11 is 14.8. The number of benzene rings is 1. The number of hydrogen-bond donors (Lipinski definition) is 1. The molecule has 0 radical (unpaired) electrons. The van der Waals surface area contributed by atoms with Crippen LogP contribution in [0.3, 0.4) is 0 Å². The summed E-state index contributed by atoms with van der Waals surface area (Å²) in [4.78, 5) is 21.3. The summed E-state index contributed by atoms with van der Waals surface area (Å²) in [6.07, 6.45) is 3.28. The molecule has 22 heavy (non-hydrogen) atoms. The number of amides is 1. The van der Waals surface area contributed by atoms with Crippen molar-refractivity contribution in [2.75, 3.05) is 18.6 Å². The van der Waals surface area contributed by atoms with E-state index in [1.807, 2.05) is 30.5 Å². The highest BCUT2D eigenvalue weighted by Gasteiger charge is 2.13. The first-order valence-corrected chi connectivity index (χ1v) is 9.30. The summed E-state index contributed by atoms with van der Waals surface area (Å²) in [7, 11) is 0. The van der Waals surface area contributed by atoms with Gasteiger partial charge < -0.3 is 5.32 Å². The van der Waals surface area contributed by atoms with Gasteiger partial charge in [-0.3, -0.25) is 4.79 Å². The largest absolute Gasteiger partial charge is 0.350 e. The molecule has 0 spiro atoms. The number of nitrogens with one attached hydrogen (secondary N) is 1. The van der Waals surface area contributed by atoms with Gasteiger partial charge in [0.15, 0.2) is 10.9 Å². The molecule has 2 rings (SSSR count). The Bertz CT molecular complexity index is 653. The quantitative estimate of drug-likeness (QED) is 0.470. The lowest BCUT2D eigenvalue weighted by Gasteiger charge is -2.07. The fourth-order valence-corrected chi connectivity index (χ4v) is 2.97. The van der Waals surface area contributed by atoms with E-state index < -0.39 is 0 Å². The lowest BCUT2D eigenvalue weighted by molar-refractivity contribution is 0.0950. The lowest BCUT2D eigenvalue weighted by Crippen LogP contribution is -2.27. The molecule has 0 unspecified atom stereocenters. The highest BCUT2D eigenvalue weighted by atomic mass is 35.5. The van der Waals surface area contributed by atoms with Crippen molar-refractivity contribution < 1.29 is 4.79 Å². The zero-order chi connectivity index (χ0) is 15.9. The Kier molecular flexibility index (Phi) is 6.82. The van der Waals surface area contributed by atoms with Gasteiger partial charge >= 0.3 is 0 Å². The third-order valence-corrected chi connectivity index (χ3v) is 4.69. The minimum absolute atomic E-state index is 0.206. The summed E-state index contributed by atoms with van der Waals surface area (Å²) in [5.74, 6) is 0.449. The normalized spacial score (nSPS) is 10.5. The molecular weight excluding hydrogens is 361 g/mol. The van der Waals surface area contributed by atoms with E-state index in [9.17, 15) is 4.79 Å². The average Bonchev–Trinajstić information content (AvgIpc) is 2.53. The Labute approximate surface area is 147 Å². The minimum atomic E-state index is -0.292. The van der Waals surface area contributed by atoms with E-state index in [4.69, 9.17) is 23.2 Å². The van der Waals surface area contributed by atoms with Gasteiger partial charge in [-0.25, -0.2) is 9.97 Å². The highest BCUT2D eigenvalue weighted by molar-refractivity contribution is 7.99. The molecule has 0 aliphatic carbocycles. The molecule has 0 fully saturated rings. The van der Waals surface area contributed by atoms with Crippen LogP contribution in [-0.2, 0) is 0 Å². The van der Waals surface area contributed by atoms with Crippen LogP contribution in [0.15, 0.2) is 40.5 Å². The number of aromatic nitrogens is 2. The van der Waals surface area contributed by atoms with Crippen LogP contribution >= 0.6 is 46.7 Å².